The van der Waals surface area contributed by atoms with Crippen LogP contribution in [-0.2, 0) is 6.42 Å². The van der Waals surface area contributed by atoms with Crippen molar-refractivity contribution < 1.29 is 9.50 Å². The average Bonchev–Trinajstić information content (AvgIpc) is 2.41. The van der Waals surface area contributed by atoms with Crippen molar-refractivity contribution in [2.24, 2.45) is 0 Å². The van der Waals surface area contributed by atoms with Gasteiger partial charge in [-0.25, -0.2) is 4.39 Å². The lowest BCUT2D eigenvalue weighted by Crippen LogP contribution is -2.00. The third-order valence-corrected chi connectivity index (χ3v) is 3.13. The molecule has 0 amide bonds. The molecule has 2 rings (SSSR count). The molecule has 0 radical (unpaired) electrons. The monoisotopic (exact) mass is 244 g/mol. The molecule has 2 aromatic carbocycles. The van der Waals surface area contributed by atoms with Gasteiger partial charge in [0.25, 0.3) is 0 Å². The lowest BCUT2D eigenvalue weighted by molar-refractivity contribution is 0.168. The predicted molar refractivity (Wildman–Crippen MR) is 70.9 cm³/mol. The lowest BCUT2D eigenvalue weighted by Gasteiger charge is -2.11. The average molecular weight is 244 g/mol. The second-order valence-corrected chi connectivity index (χ2v) is 4.55. The van der Waals surface area contributed by atoms with Crippen LogP contribution in [0.2, 0.25) is 0 Å². The van der Waals surface area contributed by atoms with E-state index in [-0.39, 0.29) is 5.82 Å². The van der Waals surface area contributed by atoms with Crippen LogP contribution in [0.4, 0.5) is 4.39 Å². The van der Waals surface area contributed by atoms with Crippen molar-refractivity contribution in [2.75, 3.05) is 0 Å². The molecule has 0 saturated heterocycles. The zero-order valence-corrected chi connectivity index (χ0v) is 10.4. The molecule has 1 nitrogen and oxygen atoms in total. The molecule has 18 heavy (non-hydrogen) atoms. The van der Waals surface area contributed by atoms with Gasteiger partial charge in [-0.2, -0.15) is 0 Å². The molecule has 0 spiro atoms. The molecule has 1 unspecified atom stereocenters. The smallest absolute Gasteiger partial charge is 0.126 e. The van der Waals surface area contributed by atoms with Crippen LogP contribution in [-0.4, -0.2) is 5.11 Å². The number of aliphatic hydroxyl groups excluding tert-OH is 1. The molecule has 0 fully saturated rings. The molecule has 2 heteroatoms. The van der Waals surface area contributed by atoms with Crippen molar-refractivity contribution in [1.29, 1.82) is 0 Å². The van der Waals surface area contributed by atoms with Crippen LogP contribution < -0.4 is 0 Å². The first kappa shape index (κ1) is 12.8. The number of hydrogen-bond acceptors (Lipinski definition) is 1. The Morgan fingerprint density at radius 1 is 1.11 bits per heavy atom. The highest BCUT2D eigenvalue weighted by Crippen LogP contribution is 2.19. The minimum absolute atomic E-state index is 0.179. The van der Waals surface area contributed by atoms with Crippen molar-refractivity contribution in [3.63, 3.8) is 0 Å². The summed E-state index contributed by atoms with van der Waals surface area (Å²) in [5.74, 6) is -0.179. The normalized spacial score (nSPS) is 12.4. The summed E-state index contributed by atoms with van der Waals surface area (Å²) in [6, 6.07) is 14.8. The van der Waals surface area contributed by atoms with E-state index in [0.717, 1.165) is 11.1 Å². The quantitative estimate of drug-likeness (QED) is 0.867. The van der Waals surface area contributed by atoms with Crippen molar-refractivity contribution in [2.45, 2.75) is 25.9 Å². The fourth-order valence-corrected chi connectivity index (χ4v) is 1.94. The zero-order chi connectivity index (χ0) is 13.0. The van der Waals surface area contributed by atoms with E-state index in [9.17, 15) is 9.50 Å². The van der Waals surface area contributed by atoms with Crippen LogP contribution >= 0.6 is 0 Å². The van der Waals surface area contributed by atoms with E-state index in [1.807, 2.05) is 36.4 Å². The van der Waals surface area contributed by atoms with E-state index in [1.165, 1.54) is 0 Å². The minimum Gasteiger partial charge on any atom is -0.388 e. The molecular formula is C16H17FO. The zero-order valence-electron chi connectivity index (χ0n) is 10.4. The maximum atomic E-state index is 13.4. The maximum absolute atomic E-state index is 13.4. The number of rotatable bonds is 4. The second-order valence-electron chi connectivity index (χ2n) is 4.55. The molecule has 0 saturated carbocycles. The molecular weight excluding hydrogens is 227 g/mol. The van der Waals surface area contributed by atoms with Crippen molar-refractivity contribution in [1.82, 2.24) is 0 Å². The highest BCUT2D eigenvalue weighted by Gasteiger charge is 2.07. The van der Waals surface area contributed by atoms with Crippen molar-refractivity contribution in [3.8, 4) is 0 Å². The van der Waals surface area contributed by atoms with Crippen LogP contribution in [0.1, 0.15) is 29.2 Å². The van der Waals surface area contributed by atoms with Gasteiger partial charge in [-0.1, -0.05) is 42.5 Å². The SMILES string of the molecule is Cc1ccc(CCC(O)c2ccccc2)cc1F. The molecule has 0 heterocycles. The molecule has 1 N–H and O–H groups in total. The first-order valence-electron chi connectivity index (χ1n) is 6.15. The Balaban J connectivity index is 1.97. The number of aryl methyl sites for hydroxylation is 2. The Labute approximate surface area is 107 Å². The van der Waals surface area contributed by atoms with E-state index in [1.54, 1.807) is 19.1 Å². The minimum atomic E-state index is -0.490. The Kier molecular flexibility index (Phi) is 4.11. The first-order valence-corrected chi connectivity index (χ1v) is 6.15. The molecule has 0 aliphatic carbocycles. The summed E-state index contributed by atoms with van der Waals surface area (Å²) in [6.45, 7) is 1.75. The highest BCUT2D eigenvalue weighted by atomic mass is 19.1. The Bertz CT molecular complexity index is 508. The van der Waals surface area contributed by atoms with E-state index < -0.39 is 6.10 Å². The summed E-state index contributed by atoms with van der Waals surface area (Å²) in [4.78, 5) is 0. The van der Waals surface area contributed by atoms with Gasteiger partial charge in [0.2, 0.25) is 0 Å². The molecule has 94 valence electrons. The van der Waals surface area contributed by atoms with E-state index >= 15 is 0 Å². The van der Waals surface area contributed by atoms with Gasteiger partial charge in [-0.15, -0.1) is 0 Å². The van der Waals surface area contributed by atoms with Gasteiger partial charge in [0.05, 0.1) is 6.10 Å². The van der Waals surface area contributed by atoms with Gasteiger partial charge in [0, 0.05) is 0 Å². The lowest BCUT2D eigenvalue weighted by atomic mass is 10.0. The van der Waals surface area contributed by atoms with Gasteiger partial charge < -0.3 is 5.11 Å². The summed E-state index contributed by atoms with van der Waals surface area (Å²) in [5.41, 5.74) is 2.49. The van der Waals surface area contributed by atoms with Crippen LogP contribution in [0.25, 0.3) is 0 Å². The molecule has 1 atom stereocenters. The summed E-state index contributed by atoms with van der Waals surface area (Å²) in [7, 11) is 0. The molecule has 0 bridgehead atoms. The Morgan fingerprint density at radius 2 is 1.83 bits per heavy atom. The van der Waals surface area contributed by atoms with Crippen LogP contribution in [0.15, 0.2) is 48.5 Å². The van der Waals surface area contributed by atoms with Gasteiger partial charge in [-0.3, -0.25) is 0 Å². The predicted octanol–water partition coefficient (Wildman–Crippen LogP) is 3.80. The third-order valence-electron chi connectivity index (χ3n) is 3.13. The number of benzene rings is 2. The number of halogens is 1. The highest BCUT2D eigenvalue weighted by molar-refractivity contribution is 5.24. The maximum Gasteiger partial charge on any atom is 0.126 e. The van der Waals surface area contributed by atoms with Gasteiger partial charge >= 0.3 is 0 Å². The van der Waals surface area contributed by atoms with Crippen molar-refractivity contribution >= 4 is 0 Å². The van der Waals surface area contributed by atoms with Gasteiger partial charge in [0.15, 0.2) is 0 Å². The fourth-order valence-electron chi connectivity index (χ4n) is 1.94. The first-order chi connectivity index (χ1) is 8.66. The van der Waals surface area contributed by atoms with Gasteiger partial charge in [0.1, 0.15) is 5.82 Å². The Hall–Kier alpha value is -1.67. The Morgan fingerprint density at radius 3 is 2.50 bits per heavy atom. The second kappa shape index (κ2) is 5.78. The fraction of sp³-hybridized carbons (Fsp3) is 0.250. The third kappa shape index (κ3) is 3.17. The van der Waals surface area contributed by atoms with E-state index in [4.69, 9.17) is 0 Å². The molecule has 0 aromatic heterocycles. The largest absolute Gasteiger partial charge is 0.388 e. The number of aliphatic hydroxyl groups is 1. The topological polar surface area (TPSA) is 20.2 Å². The summed E-state index contributed by atoms with van der Waals surface area (Å²) in [6.07, 6.45) is 0.787. The molecule has 0 aliphatic heterocycles. The van der Waals surface area contributed by atoms with Crippen molar-refractivity contribution in [3.05, 3.63) is 71.0 Å². The summed E-state index contributed by atoms with van der Waals surface area (Å²) >= 11 is 0. The van der Waals surface area contributed by atoms with Crippen LogP contribution in [0, 0.1) is 12.7 Å². The van der Waals surface area contributed by atoms with E-state index in [2.05, 4.69) is 0 Å². The number of hydrogen-bond donors (Lipinski definition) is 1. The molecule has 0 aliphatic rings. The standard InChI is InChI=1S/C16H17FO/c1-12-7-8-13(11-15(12)17)9-10-16(18)14-5-3-2-4-6-14/h2-8,11,16,18H,9-10H2,1H3. The van der Waals surface area contributed by atoms with Crippen LogP contribution in [0.5, 0.6) is 0 Å². The van der Waals surface area contributed by atoms with Crippen LogP contribution in [0.3, 0.4) is 0 Å². The molecule has 2 aromatic rings. The summed E-state index contributed by atoms with van der Waals surface area (Å²) < 4.78 is 13.4. The summed E-state index contributed by atoms with van der Waals surface area (Å²) in [5, 5.41) is 10.0. The van der Waals surface area contributed by atoms with Gasteiger partial charge in [-0.05, 0) is 42.5 Å². The van der Waals surface area contributed by atoms with E-state index in [0.29, 0.717) is 18.4 Å².